The third-order valence-electron chi connectivity index (χ3n) is 2.99. The van der Waals surface area contributed by atoms with Crippen LogP contribution in [0.15, 0.2) is 0 Å². The Bertz CT molecular complexity index is 366. The Morgan fingerprint density at radius 2 is 2.18 bits per heavy atom. The highest BCUT2D eigenvalue weighted by Crippen LogP contribution is 2.22. The van der Waals surface area contributed by atoms with Gasteiger partial charge in [-0.25, -0.2) is 0 Å². The lowest BCUT2D eigenvalue weighted by molar-refractivity contribution is -0.0159. The van der Waals surface area contributed by atoms with Crippen molar-refractivity contribution >= 4 is 11.6 Å². The third-order valence-corrected chi connectivity index (χ3v) is 3.46. The number of nitrogens with zero attached hydrogens (tertiary/aromatic N) is 2. The van der Waals surface area contributed by atoms with Crippen molar-refractivity contribution in [1.82, 2.24) is 9.78 Å². The van der Waals surface area contributed by atoms with Crippen LogP contribution in [-0.4, -0.2) is 34.2 Å². The highest BCUT2D eigenvalue weighted by atomic mass is 35.5. The van der Waals surface area contributed by atoms with E-state index >= 15 is 0 Å². The van der Waals surface area contributed by atoms with Crippen molar-refractivity contribution in [3.05, 3.63) is 16.4 Å². The molecule has 98 valence electrons. The van der Waals surface area contributed by atoms with Gasteiger partial charge < -0.3 is 9.84 Å². The number of hydrogen-bond acceptors (Lipinski definition) is 3. The molecule has 1 aromatic heterocycles. The van der Waals surface area contributed by atoms with Crippen molar-refractivity contribution in [2.75, 3.05) is 7.11 Å². The summed E-state index contributed by atoms with van der Waals surface area (Å²) >= 11 is 6.13. The van der Waals surface area contributed by atoms with E-state index in [2.05, 4.69) is 12.0 Å². The standard InChI is InChI=1S/C12H21ClN2O2/c1-5-6-11(17-4)10(16)7-9-8(2)14-15(3)12(9)13/h10-11,16H,5-7H2,1-4H3. The van der Waals surface area contributed by atoms with E-state index in [0.29, 0.717) is 11.6 Å². The van der Waals surface area contributed by atoms with Gasteiger partial charge in [0.25, 0.3) is 0 Å². The first-order valence-electron chi connectivity index (χ1n) is 5.90. The van der Waals surface area contributed by atoms with Crippen LogP contribution in [-0.2, 0) is 18.2 Å². The van der Waals surface area contributed by atoms with E-state index < -0.39 is 6.10 Å². The Morgan fingerprint density at radius 3 is 2.59 bits per heavy atom. The molecule has 0 fully saturated rings. The van der Waals surface area contributed by atoms with Crippen LogP contribution in [0, 0.1) is 6.92 Å². The molecule has 5 heteroatoms. The molecular weight excluding hydrogens is 240 g/mol. The lowest BCUT2D eigenvalue weighted by Gasteiger charge is -2.21. The zero-order valence-corrected chi connectivity index (χ0v) is 11.7. The summed E-state index contributed by atoms with van der Waals surface area (Å²) in [5.41, 5.74) is 1.77. The van der Waals surface area contributed by atoms with Gasteiger partial charge in [0, 0.05) is 26.1 Å². The molecule has 0 aliphatic heterocycles. The van der Waals surface area contributed by atoms with Crippen LogP contribution >= 0.6 is 11.6 Å². The van der Waals surface area contributed by atoms with Crippen molar-refractivity contribution in [3.8, 4) is 0 Å². The molecule has 0 aliphatic rings. The number of aryl methyl sites for hydroxylation is 2. The van der Waals surface area contributed by atoms with Crippen LogP contribution in [0.3, 0.4) is 0 Å². The maximum Gasteiger partial charge on any atom is 0.130 e. The van der Waals surface area contributed by atoms with Crippen molar-refractivity contribution in [3.63, 3.8) is 0 Å². The molecule has 0 amide bonds. The molecule has 4 nitrogen and oxygen atoms in total. The zero-order chi connectivity index (χ0) is 13.0. The smallest absolute Gasteiger partial charge is 0.130 e. The largest absolute Gasteiger partial charge is 0.390 e. The van der Waals surface area contributed by atoms with Crippen LogP contribution in [0.25, 0.3) is 0 Å². The summed E-state index contributed by atoms with van der Waals surface area (Å²) in [5, 5.41) is 14.9. The van der Waals surface area contributed by atoms with Gasteiger partial charge in [-0.1, -0.05) is 24.9 Å². The fraction of sp³-hybridized carbons (Fsp3) is 0.750. The fourth-order valence-corrected chi connectivity index (χ4v) is 2.25. The van der Waals surface area contributed by atoms with Gasteiger partial charge in [-0.2, -0.15) is 5.10 Å². The van der Waals surface area contributed by atoms with Crippen molar-refractivity contribution in [2.45, 2.75) is 45.3 Å². The van der Waals surface area contributed by atoms with Crippen LogP contribution in [0.4, 0.5) is 0 Å². The Balaban J connectivity index is 2.76. The highest BCUT2D eigenvalue weighted by Gasteiger charge is 2.22. The van der Waals surface area contributed by atoms with Gasteiger partial charge in [-0.05, 0) is 13.3 Å². The number of rotatable bonds is 6. The molecule has 2 atom stereocenters. The van der Waals surface area contributed by atoms with Gasteiger partial charge in [0.2, 0.25) is 0 Å². The molecule has 1 N–H and O–H groups in total. The molecule has 1 heterocycles. The highest BCUT2D eigenvalue weighted by molar-refractivity contribution is 6.30. The SMILES string of the molecule is CCCC(OC)C(O)Cc1c(C)nn(C)c1Cl. The second kappa shape index (κ2) is 6.38. The van der Waals surface area contributed by atoms with Gasteiger partial charge in [0.15, 0.2) is 0 Å². The molecule has 0 saturated heterocycles. The molecular formula is C12H21ClN2O2. The summed E-state index contributed by atoms with van der Waals surface area (Å²) in [5.74, 6) is 0. The molecule has 0 saturated carbocycles. The van der Waals surface area contributed by atoms with Gasteiger partial charge in [0.1, 0.15) is 5.15 Å². The van der Waals surface area contributed by atoms with E-state index in [0.717, 1.165) is 24.1 Å². The average Bonchev–Trinajstić information content (AvgIpc) is 2.52. The second-order valence-electron chi connectivity index (χ2n) is 4.31. The van der Waals surface area contributed by atoms with Gasteiger partial charge in [-0.15, -0.1) is 0 Å². The van der Waals surface area contributed by atoms with E-state index in [4.69, 9.17) is 16.3 Å². The average molecular weight is 261 g/mol. The Morgan fingerprint density at radius 1 is 1.53 bits per heavy atom. The predicted octanol–water partition coefficient (Wildman–Crippen LogP) is 2.10. The van der Waals surface area contributed by atoms with Gasteiger partial charge in [-0.3, -0.25) is 4.68 Å². The van der Waals surface area contributed by atoms with Crippen molar-refractivity contribution < 1.29 is 9.84 Å². The van der Waals surface area contributed by atoms with Crippen LogP contribution in [0.5, 0.6) is 0 Å². The molecule has 1 aromatic rings. The summed E-state index contributed by atoms with van der Waals surface area (Å²) < 4.78 is 6.92. The predicted molar refractivity (Wildman–Crippen MR) is 68.4 cm³/mol. The molecule has 1 rings (SSSR count). The summed E-state index contributed by atoms with van der Waals surface area (Å²) in [6.07, 6.45) is 1.62. The van der Waals surface area contributed by atoms with Gasteiger partial charge >= 0.3 is 0 Å². The lowest BCUT2D eigenvalue weighted by atomic mass is 10.0. The Hall–Kier alpha value is -0.580. The molecule has 0 spiro atoms. The summed E-state index contributed by atoms with van der Waals surface area (Å²) in [6.45, 7) is 3.97. The molecule has 0 aromatic carbocycles. The first kappa shape index (κ1) is 14.5. The van der Waals surface area contributed by atoms with Gasteiger partial charge in [0.05, 0.1) is 17.9 Å². The first-order valence-corrected chi connectivity index (χ1v) is 6.27. The number of hydrogen-bond donors (Lipinski definition) is 1. The topological polar surface area (TPSA) is 47.3 Å². The summed E-state index contributed by atoms with van der Waals surface area (Å²) in [4.78, 5) is 0. The second-order valence-corrected chi connectivity index (χ2v) is 4.67. The molecule has 17 heavy (non-hydrogen) atoms. The molecule has 0 radical (unpaired) electrons. The lowest BCUT2D eigenvalue weighted by Crippen LogP contribution is -2.30. The fourth-order valence-electron chi connectivity index (χ4n) is 2.00. The van der Waals surface area contributed by atoms with Crippen LogP contribution < -0.4 is 0 Å². The quantitative estimate of drug-likeness (QED) is 0.852. The minimum atomic E-state index is -0.541. The minimum Gasteiger partial charge on any atom is -0.390 e. The third kappa shape index (κ3) is 3.44. The molecule has 0 aliphatic carbocycles. The molecule has 2 unspecified atom stereocenters. The van der Waals surface area contributed by atoms with Crippen molar-refractivity contribution in [2.24, 2.45) is 7.05 Å². The first-order chi connectivity index (χ1) is 8.01. The van der Waals surface area contributed by atoms with Crippen LogP contribution in [0.1, 0.15) is 31.0 Å². The maximum absolute atomic E-state index is 10.1. The monoisotopic (exact) mass is 260 g/mol. The van der Waals surface area contributed by atoms with E-state index in [1.807, 2.05) is 6.92 Å². The number of methoxy groups -OCH3 is 1. The number of aromatic nitrogens is 2. The Kier molecular flexibility index (Phi) is 5.43. The van der Waals surface area contributed by atoms with E-state index in [1.165, 1.54) is 0 Å². The maximum atomic E-state index is 10.1. The Labute approximate surface area is 108 Å². The number of aliphatic hydroxyl groups is 1. The van der Waals surface area contributed by atoms with Crippen LogP contribution in [0.2, 0.25) is 5.15 Å². The number of halogens is 1. The normalized spacial score (nSPS) is 14.9. The van der Waals surface area contributed by atoms with E-state index in [1.54, 1.807) is 18.8 Å². The van der Waals surface area contributed by atoms with E-state index in [-0.39, 0.29) is 6.10 Å². The minimum absolute atomic E-state index is 0.143. The van der Waals surface area contributed by atoms with Crippen molar-refractivity contribution in [1.29, 1.82) is 0 Å². The number of aliphatic hydroxyl groups excluding tert-OH is 1. The molecule has 0 bridgehead atoms. The summed E-state index contributed by atoms with van der Waals surface area (Å²) in [6, 6.07) is 0. The number of ether oxygens (including phenoxy) is 1. The summed E-state index contributed by atoms with van der Waals surface area (Å²) in [7, 11) is 3.42. The zero-order valence-electron chi connectivity index (χ0n) is 10.9. The van der Waals surface area contributed by atoms with E-state index in [9.17, 15) is 5.11 Å².